The van der Waals surface area contributed by atoms with Crippen molar-refractivity contribution < 1.29 is 4.74 Å². The van der Waals surface area contributed by atoms with Gasteiger partial charge in [-0.25, -0.2) is 0 Å². The number of nitrogens with one attached hydrogen (secondary N) is 2. The third kappa shape index (κ3) is 7.30. The van der Waals surface area contributed by atoms with E-state index in [-0.39, 0.29) is 0 Å². The highest BCUT2D eigenvalue weighted by atomic mass is 16.5. The molecule has 0 aromatic heterocycles. The van der Waals surface area contributed by atoms with Crippen molar-refractivity contribution in [1.29, 1.82) is 0 Å². The van der Waals surface area contributed by atoms with Gasteiger partial charge in [0.05, 0.1) is 0 Å². The van der Waals surface area contributed by atoms with Gasteiger partial charge in [0.1, 0.15) is 0 Å². The van der Waals surface area contributed by atoms with Gasteiger partial charge in [-0.3, -0.25) is 0 Å². The van der Waals surface area contributed by atoms with E-state index >= 15 is 0 Å². The maximum absolute atomic E-state index is 4.98. The molecule has 1 saturated carbocycles. The van der Waals surface area contributed by atoms with Gasteiger partial charge in [-0.1, -0.05) is 0 Å². The number of rotatable bonds is 10. The van der Waals surface area contributed by atoms with Crippen LogP contribution in [0.3, 0.4) is 0 Å². The monoisotopic (exact) mass is 200 g/mol. The van der Waals surface area contributed by atoms with Gasteiger partial charge in [-0.2, -0.15) is 0 Å². The Hall–Kier alpha value is -0.120. The number of unbranched alkanes of at least 4 members (excludes halogenated alkanes) is 1. The smallest absolute Gasteiger partial charge is 0.0462 e. The van der Waals surface area contributed by atoms with Crippen molar-refractivity contribution in [3.05, 3.63) is 0 Å². The first kappa shape index (κ1) is 12.0. The molecule has 1 aliphatic carbocycles. The van der Waals surface area contributed by atoms with E-state index in [2.05, 4.69) is 10.6 Å². The molecule has 0 aromatic rings. The third-order valence-corrected chi connectivity index (χ3v) is 2.49. The van der Waals surface area contributed by atoms with E-state index in [1.807, 2.05) is 0 Å². The second-order valence-electron chi connectivity index (χ2n) is 4.03. The van der Waals surface area contributed by atoms with Crippen molar-refractivity contribution in [2.24, 2.45) is 0 Å². The summed E-state index contributed by atoms with van der Waals surface area (Å²) in [6.45, 7) is 4.35. The molecular weight excluding hydrogens is 176 g/mol. The van der Waals surface area contributed by atoms with Gasteiger partial charge in [-0.05, 0) is 51.7 Å². The fourth-order valence-corrected chi connectivity index (χ4v) is 1.43. The Balaban J connectivity index is 1.63. The van der Waals surface area contributed by atoms with Gasteiger partial charge in [0.15, 0.2) is 0 Å². The fourth-order valence-electron chi connectivity index (χ4n) is 1.43. The Morgan fingerprint density at radius 3 is 2.57 bits per heavy atom. The van der Waals surface area contributed by atoms with Crippen LogP contribution in [0.25, 0.3) is 0 Å². The van der Waals surface area contributed by atoms with E-state index in [4.69, 9.17) is 4.74 Å². The molecule has 84 valence electrons. The van der Waals surface area contributed by atoms with Crippen LogP contribution in [0, 0.1) is 0 Å². The molecule has 3 heteroatoms. The lowest BCUT2D eigenvalue weighted by molar-refractivity contribution is 0.192. The van der Waals surface area contributed by atoms with Crippen molar-refractivity contribution in [1.82, 2.24) is 10.6 Å². The average molecular weight is 200 g/mol. The van der Waals surface area contributed by atoms with Crippen molar-refractivity contribution in [3.63, 3.8) is 0 Å². The van der Waals surface area contributed by atoms with E-state index in [1.54, 1.807) is 7.11 Å². The van der Waals surface area contributed by atoms with Gasteiger partial charge in [0, 0.05) is 19.8 Å². The second-order valence-corrected chi connectivity index (χ2v) is 4.03. The summed E-state index contributed by atoms with van der Waals surface area (Å²) in [6, 6.07) is 0.858. The standard InChI is InChI=1S/C11H24N2O/c1-14-10-3-2-7-12-8-4-9-13-11-5-6-11/h11-13H,2-10H2,1H3. The zero-order chi connectivity index (χ0) is 10.1. The molecule has 14 heavy (non-hydrogen) atoms. The van der Waals surface area contributed by atoms with Gasteiger partial charge >= 0.3 is 0 Å². The predicted molar refractivity (Wildman–Crippen MR) is 59.6 cm³/mol. The fraction of sp³-hybridized carbons (Fsp3) is 1.00. The highest BCUT2D eigenvalue weighted by Crippen LogP contribution is 2.18. The van der Waals surface area contributed by atoms with Crippen molar-refractivity contribution in [2.75, 3.05) is 33.4 Å². The second kappa shape index (κ2) is 8.21. The van der Waals surface area contributed by atoms with Gasteiger partial charge in [0.25, 0.3) is 0 Å². The van der Waals surface area contributed by atoms with Gasteiger partial charge in [0.2, 0.25) is 0 Å². The predicted octanol–water partition coefficient (Wildman–Crippen LogP) is 1.14. The third-order valence-electron chi connectivity index (χ3n) is 2.49. The molecule has 1 fully saturated rings. The quantitative estimate of drug-likeness (QED) is 0.519. The molecular formula is C11H24N2O. The van der Waals surface area contributed by atoms with E-state index in [0.29, 0.717) is 0 Å². The minimum Gasteiger partial charge on any atom is -0.385 e. The molecule has 0 heterocycles. The molecule has 0 spiro atoms. The molecule has 0 aromatic carbocycles. The zero-order valence-electron chi connectivity index (χ0n) is 9.35. The maximum atomic E-state index is 4.98. The van der Waals surface area contributed by atoms with Crippen LogP contribution < -0.4 is 10.6 Å². The summed E-state index contributed by atoms with van der Waals surface area (Å²) in [5.74, 6) is 0. The van der Waals surface area contributed by atoms with Crippen molar-refractivity contribution >= 4 is 0 Å². The molecule has 0 unspecified atom stereocenters. The summed E-state index contributed by atoms with van der Waals surface area (Å²) in [5, 5.41) is 6.95. The summed E-state index contributed by atoms with van der Waals surface area (Å²) in [5.41, 5.74) is 0. The van der Waals surface area contributed by atoms with Crippen LogP contribution in [0.2, 0.25) is 0 Å². The normalized spacial score (nSPS) is 16.1. The summed E-state index contributed by atoms with van der Waals surface area (Å²) >= 11 is 0. The van der Waals surface area contributed by atoms with E-state index in [1.165, 1.54) is 38.6 Å². The summed E-state index contributed by atoms with van der Waals surface area (Å²) in [7, 11) is 1.76. The van der Waals surface area contributed by atoms with Crippen LogP contribution in [-0.4, -0.2) is 39.4 Å². The van der Waals surface area contributed by atoms with Crippen LogP contribution in [0.5, 0.6) is 0 Å². The topological polar surface area (TPSA) is 33.3 Å². The molecule has 0 aliphatic heterocycles. The highest BCUT2D eigenvalue weighted by molar-refractivity contribution is 4.80. The number of hydrogen-bond acceptors (Lipinski definition) is 3. The Morgan fingerprint density at radius 2 is 1.86 bits per heavy atom. The Kier molecular flexibility index (Phi) is 7.01. The molecule has 0 bridgehead atoms. The van der Waals surface area contributed by atoms with Crippen molar-refractivity contribution in [3.8, 4) is 0 Å². The lowest BCUT2D eigenvalue weighted by Gasteiger charge is -2.05. The number of methoxy groups -OCH3 is 1. The lowest BCUT2D eigenvalue weighted by Crippen LogP contribution is -2.23. The van der Waals surface area contributed by atoms with E-state index in [0.717, 1.165) is 25.7 Å². The van der Waals surface area contributed by atoms with E-state index in [9.17, 15) is 0 Å². The molecule has 3 nitrogen and oxygen atoms in total. The van der Waals surface area contributed by atoms with Gasteiger partial charge in [-0.15, -0.1) is 0 Å². The summed E-state index contributed by atoms with van der Waals surface area (Å²) < 4.78 is 4.98. The van der Waals surface area contributed by atoms with Crippen LogP contribution in [0.15, 0.2) is 0 Å². The maximum Gasteiger partial charge on any atom is 0.0462 e. The molecule has 0 amide bonds. The zero-order valence-corrected chi connectivity index (χ0v) is 9.35. The largest absolute Gasteiger partial charge is 0.385 e. The number of ether oxygens (including phenoxy) is 1. The van der Waals surface area contributed by atoms with Gasteiger partial charge < -0.3 is 15.4 Å². The van der Waals surface area contributed by atoms with Crippen molar-refractivity contribution in [2.45, 2.75) is 38.1 Å². The first-order valence-corrected chi connectivity index (χ1v) is 5.86. The number of hydrogen-bond donors (Lipinski definition) is 2. The lowest BCUT2D eigenvalue weighted by atomic mass is 10.3. The molecule has 0 radical (unpaired) electrons. The van der Waals surface area contributed by atoms with Crippen LogP contribution >= 0.6 is 0 Å². The van der Waals surface area contributed by atoms with Crippen LogP contribution in [-0.2, 0) is 4.74 Å². The molecule has 1 aliphatic rings. The van der Waals surface area contributed by atoms with Crippen LogP contribution in [0.4, 0.5) is 0 Å². The average Bonchev–Trinajstić information content (AvgIpc) is 2.99. The van der Waals surface area contributed by atoms with E-state index < -0.39 is 0 Å². The minimum atomic E-state index is 0.858. The molecule has 0 atom stereocenters. The molecule has 0 saturated heterocycles. The summed E-state index contributed by atoms with van der Waals surface area (Å²) in [4.78, 5) is 0. The molecule has 2 N–H and O–H groups in total. The minimum absolute atomic E-state index is 0.858. The Bertz CT molecular complexity index is 126. The SMILES string of the molecule is COCCCCNCCCNC1CC1. The highest BCUT2D eigenvalue weighted by Gasteiger charge is 2.19. The first-order chi connectivity index (χ1) is 6.93. The Morgan fingerprint density at radius 1 is 1.07 bits per heavy atom. The first-order valence-electron chi connectivity index (χ1n) is 5.86. The molecule has 1 rings (SSSR count). The Labute approximate surface area is 87.6 Å². The van der Waals surface area contributed by atoms with Crippen LogP contribution in [0.1, 0.15) is 32.1 Å². The summed E-state index contributed by atoms with van der Waals surface area (Å²) in [6.07, 6.45) is 6.43.